The van der Waals surface area contributed by atoms with Gasteiger partial charge in [-0.05, 0) is 72.7 Å². The highest BCUT2D eigenvalue weighted by molar-refractivity contribution is 7.81. The fourth-order valence-electron chi connectivity index (χ4n) is 6.50. The Labute approximate surface area is 203 Å². The van der Waals surface area contributed by atoms with Crippen molar-refractivity contribution in [3.8, 4) is 0 Å². The average Bonchev–Trinajstić information content (AvgIpc) is 3.55. The molecule has 0 radical (unpaired) electrons. The van der Waals surface area contributed by atoms with Crippen molar-refractivity contribution >= 4 is 40.2 Å². The number of benzene rings is 1. The maximum absolute atomic E-state index is 5.35. The first-order valence-electron chi connectivity index (χ1n) is 12.9. The molecule has 4 heteroatoms. The average molecular weight is 461 g/mol. The van der Waals surface area contributed by atoms with Gasteiger partial charge < -0.3 is 0 Å². The molecule has 3 aromatic heterocycles. The van der Waals surface area contributed by atoms with E-state index in [9.17, 15) is 0 Å². The molecule has 1 saturated carbocycles. The fourth-order valence-corrected chi connectivity index (χ4v) is 6.93. The molecule has 1 aromatic carbocycles. The lowest BCUT2D eigenvalue weighted by Crippen LogP contribution is -2.49. The van der Waals surface area contributed by atoms with E-state index in [2.05, 4.69) is 67.1 Å². The molecule has 2 bridgehead atoms. The van der Waals surface area contributed by atoms with Crippen molar-refractivity contribution in [1.82, 2.24) is 9.38 Å². The molecule has 2 aliphatic carbocycles. The van der Waals surface area contributed by atoms with Gasteiger partial charge in [0.15, 0.2) is 10.4 Å². The van der Waals surface area contributed by atoms with Gasteiger partial charge in [0.25, 0.3) is 0 Å². The normalized spacial score (nSPS) is 24.3. The molecule has 1 fully saturated rings. The van der Waals surface area contributed by atoms with E-state index >= 15 is 0 Å². The molecule has 0 spiro atoms. The van der Waals surface area contributed by atoms with Crippen LogP contribution in [-0.2, 0) is 10.3 Å². The van der Waals surface area contributed by atoms with E-state index in [-0.39, 0.29) is 10.3 Å². The highest BCUT2D eigenvalue weighted by atomic mass is 32.1. The zero-order valence-electron chi connectivity index (χ0n) is 21.5. The highest BCUT2D eigenvalue weighted by Crippen LogP contribution is 2.58. The Morgan fingerprint density at radius 2 is 1.76 bits per heavy atom. The van der Waals surface area contributed by atoms with Crippen LogP contribution >= 0.6 is 12.6 Å². The van der Waals surface area contributed by atoms with Crippen molar-refractivity contribution in [3.63, 3.8) is 0 Å². The quantitative estimate of drug-likeness (QED) is 0.212. The molecule has 3 nitrogen and oxygen atoms in total. The number of rotatable bonds is 0. The Morgan fingerprint density at radius 1 is 1.06 bits per heavy atom. The van der Waals surface area contributed by atoms with E-state index in [4.69, 9.17) is 17.6 Å². The molecule has 4 heterocycles. The van der Waals surface area contributed by atoms with Crippen molar-refractivity contribution < 1.29 is 4.57 Å². The van der Waals surface area contributed by atoms with Crippen LogP contribution in [0.3, 0.4) is 0 Å². The number of aromatic nitrogens is 3. The SMILES string of the molecule is CC.CC.CC(C)(C)c1ccc2c(n1)[n+]1c3c4c(c5c(cc4ccn23)C2CCC5C2)C1(C)S. The Hall–Kier alpha value is -2.07. The lowest BCUT2D eigenvalue weighted by atomic mass is 9.84. The Morgan fingerprint density at radius 3 is 2.45 bits per heavy atom. The molecule has 174 valence electrons. The summed E-state index contributed by atoms with van der Waals surface area (Å²) in [6.07, 6.45) is 6.26. The lowest BCUT2D eigenvalue weighted by molar-refractivity contribution is -0.672. The summed E-state index contributed by atoms with van der Waals surface area (Å²) in [6.45, 7) is 17.0. The predicted molar refractivity (Wildman–Crippen MR) is 143 cm³/mol. The number of thiol groups is 1. The molecule has 33 heavy (non-hydrogen) atoms. The number of pyridine rings is 2. The van der Waals surface area contributed by atoms with Gasteiger partial charge in [0, 0.05) is 11.0 Å². The number of hydrogen-bond acceptors (Lipinski definition) is 2. The van der Waals surface area contributed by atoms with E-state index < -0.39 is 0 Å². The van der Waals surface area contributed by atoms with Gasteiger partial charge >= 0.3 is 5.65 Å². The van der Waals surface area contributed by atoms with Gasteiger partial charge in [0.2, 0.25) is 5.65 Å². The van der Waals surface area contributed by atoms with E-state index in [0.29, 0.717) is 0 Å². The predicted octanol–water partition coefficient (Wildman–Crippen LogP) is 7.61. The minimum absolute atomic E-state index is 0.0176. The Bertz CT molecular complexity index is 1400. The van der Waals surface area contributed by atoms with Crippen LogP contribution in [0.15, 0.2) is 30.5 Å². The third kappa shape index (κ3) is 2.82. The number of fused-ring (bicyclic) bond motifs is 9. The number of hydrogen-bond donors (Lipinski definition) is 1. The van der Waals surface area contributed by atoms with Gasteiger partial charge in [0.1, 0.15) is 5.69 Å². The molecule has 3 unspecified atom stereocenters. The molecule has 3 atom stereocenters. The standard InChI is InChI=1S/C25H25N3S.2C2H6/c1-24(2,3)18-8-7-17-22(26-18)28-23-20-15(9-10-27(17)23)12-16-13-5-6-14(11-13)19(16)21(20)25(28,4)29;2*1-2/h7-10,12-14H,5-6,11H2,1-4H3;2*1-2H3/p+1. The molecule has 7 rings (SSSR count). The van der Waals surface area contributed by atoms with Crippen LogP contribution in [0.2, 0.25) is 0 Å². The summed E-state index contributed by atoms with van der Waals surface area (Å²) in [5, 5.41) is 2.76. The first-order valence-corrected chi connectivity index (χ1v) is 13.3. The van der Waals surface area contributed by atoms with Gasteiger partial charge in [-0.25, -0.2) is 8.97 Å². The largest absolute Gasteiger partial charge is 0.304 e. The second kappa shape index (κ2) is 7.46. The molecule has 3 aliphatic rings. The van der Waals surface area contributed by atoms with E-state index in [1.54, 1.807) is 11.1 Å². The molecule has 0 N–H and O–H groups in total. The maximum Gasteiger partial charge on any atom is 0.304 e. The van der Waals surface area contributed by atoms with Crippen molar-refractivity contribution in [2.45, 2.75) is 96.8 Å². The molecule has 0 saturated heterocycles. The summed E-state index contributed by atoms with van der Waals surface area (Å²) in [5.74, 6) is 1.47. The highest BCUT2D eigenvalue weighted by Gasteiger charge is 2.49. The van der Waals surface area contributed by atoms with Crippen molar-refractivity contribution in [3.05, 3.63) is 52.8 Å². The van der Waals surface area contributed by atoms with Gasteiger partial charge in [-0.2, -0.15) is 0 Å². The lowest BCUT2D eigenvalue weighted by Gasteiger charge is -2.26. The number of nitrogens with zero attached hydrogens (tertiary/aromatic N) is 3. The van der Waals surface area contributed by atoms with Crippen LogP contribution < -0.4 is 4.57 Å². The monoisotopic (exact) mass is 460 g/mol. The minimum Gasteiger partial charge on any atom is -0.226 e. The van der Waals surface area contributed by atoms with Crippen LogP contribution in [-0.4, -0.2) is 9.38 Å². The van der Waals surface area contributed by atoms with Crippen LogP contribution in [0.1, 0.15) is 109 Å². The zero-order valence-corrected chi connectivity index (χ0v) is 22.3. The summed E-state index contributed by atoms with van der Waals surface area (Å²) in [5.41, 5.74) is 9.30. The molecular weight excluding hydrogens is 422 g/mol. The van der Waals surface area contributed by atoms with Crippen LogP contribution in [0.25, 0.3) is 27.6 Å². The summed E-state index contributed by atoms with van der Waals surface area (Å²) in [6, 6.07) is 9.21. The smallest absolute Gasteiger partial charge is 0.226 e. The van der Waals surface area contributed by atoms with Crippen LogP contribution in [0, 0.1) is 0 Å². The Kier molecular flexibility index (Phi) is 5.14. The van der Waals surface area contributed by atoms with Gasteiger partial charge in [-0.15, -0.1) is 17.6 Å². The second-order valence-corrected chi connectivity index (χ2v) is 11.5. The van der Waals surface area contributed by atoms with E-state index in [1.165, 1.54) is 46.8 Å². The fraction of sp³-hybridized carbons (Fsp3) is 0.517. The van der Waals surface area contributed by atoms with Gasteiger partial charge in [-0.1, -0.05) is 54.5 Å². The van der Waals surface area contributed by atoms with Crippen molar-refractivity contribution in [2.24, 2.45) is 0 Å². The van der Waals surface area contributed by atoms with E-state index in [0.717, 1.165) is 23.2 Å². The third-order valence-electron chi connectivity index (χ3n) is 7.78. The minimum atomic E-state index is -0.381. The number of imidazole rings is 1. The Balaban J connectivity index is 0.000000544. The summed E-state index contributed by atoms with van der Waals surface area (Å²) < 4.78 is 4.74. The zero-order chi connectivity index (χ0) is 23.9. The second-order valence-electron chi connectivity index (χ2n) is 10.6. The third-order valence-corrected chi connectivity index (χ3v) is 8.20. The first kappa shape index (κ1) is 22.7. The van der Waals surface area contributed by atoms with E-state index in [1.807, 2.05) is 27.7 Å². The summed E-state index contributed by atoms with van der Waals surface area (Å²) in [4.78, 5) is 4.81. The van der Waals surface area contributed by atoms with Crippen LogP contribution in [0.5, 0.6) is 0 Å². The van der Waals surface area contributed by atoms with Crippen molar-refractivity contribution in [1.29, 1.82) is 0 Å². The summed E-state index contributed by atoms with van der Waals surface area (Å²) >= 11 is 5.35. The van der Waals surface area contributed by atoms with Crippen LogP contribution in [0.4, 0.5) is 0 Å². The topological polar surface area (TPSA) is 21.2 Å². The molecule has 0 amide bonds. The van der Waals surface area contributed by atoms with Gasteiger partial charge in [-0.3, -0.25) is 0 Å². The summed E-state index contributed by atoms with van der Waals surface area (Å²) in [7, 11) is 0. The van der Waals surface area contributed by atoms with Crippen molar-refractivity contribution in [2.75, 3.05) is 0 Å². The van der Waals surface area contributed by atoms with Gasteiger partial charge in [0.05, 0.1) is 11.6 Å². The first-order chi connectivity index (χ1) is 15.8. The molecule has 1 aliphatic heterocycles. The molecular formula is C29H38N3S+. The molecule has 4 aromatic rings. The maximum atomic E-state index is 5.35.